The molecule has 0 heterocycles. The predicted octanol–water partition coefficient (Wildman–Crippen LogP) is 6.17. The lowest BCUT2D eigenvalue weighted by molar-refractivity contribution is 0.322. The third-order valence-corrected chi connectivity index (χ3v) is 6.49. The van der Waals surface area contributed by atoms with Crippen molar-refractivity contribution in [1.82, 2.24) is 4.90 Å². The summed E-state index contributed by atoms with van der Waals surface area (Å²) in [5.41, 5.74) is 4.39. The molecule has 0 radical (unpaired) electrons. The minimum absolute atomic E-state index is 0.665. The summed E-state index contributed by atoms with van der Waals surface area (Å²) in [6, 6.07) is 20.2. The number of hydrogen-bond acceptors (Lipinski definition) is 1. The van der Waals surface area contributed by atoms with Gasteiger partial charge in [0.15, 0.2) is 0 Å². The van der Waals surface area contributed by atoms with E-state index in [9.17, 15) is 0 Å². The molecule has 2 aromatic carbocycles. The number of halogens is 1. The molecule has 25 heavy (non-hydrogen) atoms. The minimum atomic E-state index is 0.665. The summed E-state index contributed by atoms with van der Waals surface area (Å²) >= 11 is 3.89. The summed E-state index contributed by atoms with van der Waals surface area (Å²) in [6.45, 7) is 2.18. The Balaban J connectivity index is 1.44. The summed E-state index contributed by atoms with van der Waals surface area (Å²) in [5, 5.41) is 0. The van der Waals surface area contributed by atoms with E-state index in [2.05, 4.69) is 82.5 Å². The van der Waals surface area contributed by atoms with Crippen LogP contribution >= 0.6 is 15.9 Å². The molecule has 2 aromatic rings. The lowest BCUT2D eigenvalue weighted by Gasteiger charge is -2.27. The smallest absolute Gasteiger partial charge is 0.0230 e. The van der Waals surface area contributed by atoms with Crippen LogP contribution in [0.15, 0.2) is 54.6 Å². The molecule has 1 aliphatic rings. The molecule has 0 spiro atoms. The molecule has 1 saturated carbocycles. The summed E-state index contributed by atoms with van der Waals surface area (Å²) in [7, 11) is 2.22. The Morgan fingerprint density at radius 2 is 1.64 bits per heavy atom. The van der Waals surface area contributed by atoms with E-state index < -0.39 is 0 Å². The maximum absolute atomic E-state index is 3.89. The van der Waals surface area contributed by atoms with Gasteiger partial charge in [0.1, 0.15) is 0 Å². The van der Waals surface area contributed by atoms with Gasteiger partial charge in [0, 0.05) is 11.4 Å². The Labute approximate surface area is 161 Å². The van der Waals surface area contributed by atoms with Gasteiger partial charge in [0.05, 0.1) is 0 Å². The van der Waals surface area contributed by atoms with E-state index >= 15 is 0 Å². The van der Waals surface area contributed by atoms with Crippen molar-refractivity contribution in [2.75, 3.05) is 13.6 Å². The number of alkyl halides is 1. The fourth-order valence-electron chi connectivity index (χ4n) is 3.92. The van der Waals surface area contributed by atoms with E-state index in [0.717, 1.165) is 13.1 Å². The highest BCUT2D eigenvalue weighted by Gasteiger charge is 2.23. The molecule has 1 fully saturated rings. The SMILES string of the molecule is CN(CCCc1ccc(C2CCCCC2Br)cc1)Cc1ccccc1. The lowest BCUT2D eigenvalue weighted by Crippen LogP contribution is -2.19. The molecule has 2 atom stereocenters. The molecule has 2 heteroatoms. The maximum atomic E-state index is 3.89. The zero-order valence-electron chi connectivity index (χ0n) is 15.3. The molecule has 3 rings (SSSR count). The molecule has 0 amide bonds. The largest absolute Gasteiger partial charge is 0.302 e. The van der Waals surface area contributed by atoms with Crippen LogP contribution in [0.4, 0.5) is 0 Å². The second-order valence-electron chi connectivity index (χ2n) is 7.48. The highest BCUT2D eigenvalue weighted by molar-refractivity contribution is 9.09. The van der Waals surface area contributed by atoms with Gasteiger partial charge in [-0.25, -0.2) is 0 Å². The molecular formula is C23H30BrN. The van der Waals surface area contributed by atoms with Crippen LogP contribution in [-0.2, 0) is 13.0 Å². The first-order valence-electron chi connectivity index (χ1n) is 9.68. The molecule has 0 N–H and O–H groups in total. The van der Waals surface area contributed by atoms with Gasteiger partial charge in [0.25, 0.3) is 0 Å². The maximum Gasteiger partial charge on any atom is 0.0230 e. The molecule has 0 saturated heterocycles. The topological polar surface area (TPSA) is 3.24 Å². The van der Waals surface area contributed by atoms with E-state index in [1.54, 1.807) is 0 Å². The quantitative estimate of drug-likeness (QED) is 0.502. The molecule has 0 aliphatic heterocycles. The van der Waals surface area contributed by atoms with Gasteiger partial charge in [-0.15, -0.1) is 0 Å². The van der Waals surface area contributed by atoms with Gasteiger partial charge in [0.2, 0.25) is 0 Å². The first-order chi connectivity index (χ1) is 12.2. The van der Waals surface area contributed by atoms with Crippen molar-refractivity contribution in [3.8, 4) is 0 Å². The average molecular weight is 400 g/mol. The second-order valence-corrected chi connectivity index (χ2v) is 8.65. The van der Waals surface area contributed by atoms with E-state index in [1.165, 1.54) is 55.2 Å². The summed E-state index contributed by atoms with van der Waals surface area (Å²) < 4.78 is 0. The Kier molecular flexibility index (Phi) is 7.12. The average Bonchev–Trinajstić information content (AvgIpc) is 2.64. The summed E-state index contributed by atoms with van der Waals surface area (Å²) in [5.74, 6) is 0.708. The monoisotopic (exact) mass is 399 g/mol. The van der Waals surface area contributed by atoms with Crippen LogP contribution in [0, 0.1) is 0 Å². The van der Waals surface area contributed by atoms with Crippen LogP contribution in [-0.4, -0.2) is 23.3 Å². The van der Waals surface area contributed by atoms with Crippen molar-refractivity contribution in [2.24, 2.45) is 0 Å². The Morgan fingerprint density at radius 1 is 0.920 bits per heavy atom. The van der Waals surface area contributed by atoms with E-state index in [0.29, 0.717) is 10.7 Å². The third-order valence-electron chi connectivity index (χ3n) is 5.39. The molecule has 134 valence electrons. The number of rotatable bonds is 7. The van der Waals surface area contributed by atoms with Crippen LogP contribution in [0.5, 0.6) is 0 Å². The van der Waals surface area contributed by atoms with Crippen LogP contribution in [0.25, 0.3) is 0 Å². The van der Waals surface area contributed by atoms with Crippen molar-refractivity contribution < 1.29 is 0 Å². The predicted molar refractivity (Wildman–Crippen MR) is 111 cm³/mol. The fraction of sp³-hybridized carbons (Fsp3) is 0.478. The Bertz CT molecular complexity index is 622. The van der Waals surface area contributed by atoms with Crippen molar-refractivity contribution in [3.63, 3.8) is 0 Å². The first kappa shape index (κ1) is 18.7. The standard InChI is InChI=1S/C23H30BrN/c1-25(18-20-8-3-2-4-9-20)17-7-10-19-13-15-21(16-14-19)22-11-5-6-12-23(22)24/h2-4,8-9,13-16,22-23H,5-7,10-12,17-18H2,1H3. The molecule has 1 aliphatic carbocycles. The van der Waals surface area contributed by atoms with Gasteiger partial charge in [-0.3, -0.25) is 0 Å². The van der Waals surface area contributed by atoms with Gasteiger partial charge >= 0.3 is 0 Å². The van der Waals surface area contributed by atoms with Crippen molar-refractivity contribution >= 4 is 15.9 Å². The fourth-order valence-corrected chi connectivity index (χ4v) is 4.81. The first-order valence-corrected chi connectivity index (χ1v) is 10.6. The second kappa shape index (κ2) is 9.54. The minimum Gasteiger partial charge on any atom is -0.302 e. The third kappa shape index (κ3) is 5.69. The number of benzene rings is 2. The Hall–Kier alpha value is -1.12. The van der Waals surface area contributed by atoms with Gasteiger partial charge in [-0.2, -0.15) is 0 Å². The summed E-state index contributed by atoms with van der Waals surface area (Å²) in [6.07, 6.45) is 7.79. The number of aryl methyl sites for hydroxylation is 1. The lowest BCUT2D eigenvalue weighted by atomic mass is 9.83. The van der Waals surface area contributed by atoms with Crippen LogP contribution in [0.2, 0.25) is 0 Å². The van der Waals surface area contributed by atoms with Crippen LogP contribution in [0.3, 0.4) is 0 Å². The van der Waals surface area contributed by atoms with Crippen molar-refractivity contribution in [1.29, 1.82) is 0 Å². The molecule has 1 nitrogen and oxygen atoms in total. The Morgan fingerprint density at radius 3 is 2.36 bits per heavy atom. The number of hydrogen-bond donors (Lipinski definition) is 0. The van der Waals surface area contributed by atoms with E-state index in [1.807, 2.05) is 0 Å². The summed E-state index contributed by atoms with van der Waals surface area (Å²) in [4.78, 5) is 3.08. The van der Waals surface area contributed by atoms with Gasteiger partial charge in [-0.1, -0.05) is 83.4 Å². The van der Waals surface area contributed by atoms with Crippen molar-refractivity contribution in [2.45, 2.75) is 55.8 Å². The van der Waals surface area contributed by atoms with Crippen LogP contribution in [0.1, 0.15) is 54.7 Å². The zero-order chi connectivity index (χ0) is 17.5. The highest BCUT2D eigenvalue weighted by atomic mass is 79.9. The number of nitrogens with zero attached hydrogens (tertiary/aromatic N) is 1. The molecule has 0 bridgehead atoms. The molecule has 2 unspecified atom stereocenters. The zero-order valence-corrected chi connectivity index (χ0v) is 16.9. The molecule has 0 aromatic heterocycles. The van der Waals surface area contributed by atoms with Crippen LogP contribution < -0.4 is 0 Å². The van der Waals surface area contributed by atoms with Gasteiger partial charge in [-0.05, 0) is 61.9 Å². The molecular weight excluding hydrogens is 370 g/mol. The normalized spacial score (nSPS) is 20.8. The van der Waals surface area contributed by atoms with Crippen molar-refractivity contribution in [3.05, 3.63) is 71.3 Å². The van der Waals surface area contributed by atoms with E-state index in [4.69, 9.17) is 0 Å². The van der Waals surface area contributed by atoms with Gasteiger partial charge < -0.3 is 4.90 Å². The highest BCUT2D eigenvalue weighted by Crippen LogP contribution is 2.37. The van der Waals surface area contributed by atoms with E-state index in [-0.39, 0.29) is 0 Å².